The van der Waals surface area contributed by atoms with Crippen molar-refractivity contribution in [2.24, 2.45) is 5.92 Å². The normalized spacial score (nSPS) is 34.8. The molecule has 4 unspecified atom stereocenters. The van der Waals surface area contributed by atoms with Gasteiger partial charge in [0.05, 0.1) is 0 Å². The van der Waals surface area contributed by atoms with Gasteiger partial charge in [0.1, 0.15) is 0 Å². The number of benzene rings is 1. The van der Waals surface area contributed by atoms with Crippen LogP contribution < -0.4 is 5.32 Å². The minimum Gasteiger partial charge on any atom is -0.307 e. The summed E-state index contributed by atoms with van der Waals surface area (Å²) in [4.78, 5) is 0. The van der Waals surface area contributed by atoms with Gasteiger partial charge in [-0.05, 0) is 48.6 Å². The van der Waals surface area contributed by atoms with Crippen molar-refractivity contribution >= 4 is 0 Å². The number of hydrogen-bond acceptors (Lipinski definition) is 1. The van der Waals surface area contributed by atoms with E-state index < -0.39 is 0 Å². The first-order valence-electron chi connectivity index (χ1n) is 8.09. The van der Waals surface area contributed by atoms with Crippen LogP contribution in [0.25, 0.3) is 0 Å². The van der Waals surface area contributed by atoms with Gasteiger partial charge in [0.2, 0.25) is 0 Å². The van der Waals surface area contributed by atoms with Gasteiger partial charge in [-0.1, -0.05) is 51.0 Å². The molecular formula is C18H27N. The summed E-state index contributed by atoms with van der Waals surface area (Å²) in [5.41, 5.74) is 3.15. The predicted molar refractivity (Wildman–Crippen MR) is 81.4 cm³/mol. The molecule has 1 fully saturated rings. The Hall–Kier alpha value is -0.820. The number of hydrogen-bond donors (Lipinski definition) is 1. The molecule has 0 aromatic heterocycles. The molecule has 2 aliphatic rings. The summed E-state index contributed by atoms with van der Waals surface area (Å²) >= 11 is 0. The number of rotatable bonds is 2. The van der Waals surface area contributed by atoms with Gasteiger partial charge in [0.25, 0.3) is 0 Å². The molecule has 0 bridgehead atoms. The minimum atomic E-state index is 0.600. The van der Waals surface area contributed by atoms with Crippen molar-refractivity contribution in [3.8, 4) is 0 Å². The Balaban J connectivity index is 1.73. The van der Waals surface area contributed by atoms with Gasteiger partial charge in [-0.15, -0.1) is 0 Å². The maximum absolute atomic E-state index is 3.96. The zero-order chi connectivity index (χ0) is 13.2. The Kier molecular flexibility index (Phi) is 3.93. The van der Waals surface area contributed by atoms with Crippen LogP contribution in [0.15, 0.2) is 24.3 Å². The zero-order valence-electron chi connectivity index (χ0n) is 12.4. The van der Waals surface area contributed by atoms with Crippen LogP contribution in [-0.2, 0) is 0 Å². The van der Waals surface area contributed by atoms with E-state index in [1.54, 1.807) is 11.1 Å². The van der Waals surface area contributed by atoms with E-state index in [9.17, 15) is 0 Å². The van der Waals surface area contributed by atoms with Crippen molar-refractivity contribution < 1.29 is 0 Å². The monoisotopic (exact) mass is 257 g/mol. The molecular weight excluding hydrogens is 230 g/mol. The highest BCUT2D eigenvalue weighted by molar-refractivity contribution is 5.35. The molecule has 0 spiro atoms. The first kappa shape index (κ1) is 13.2. The molecule has 0 saturated heterocycles. The van der Waals surface area contributed by atoms with E-state index in [2.05, 4.69) is 43.4 Å². The summed E-state index contributed by atoms with van der Waals surface area (Å²) in [7, 11) is 0. The molecule has 1 heteroatoms. The Bertz CT molecular complexity index is 425. The molecule has 0 radical (unpaired) electrons. The molecule has 19 heavy (non-hydrogen) atoms. The highest BCUT2D eigenvalue weighted by atomic mass is 15.0. The Morgan fingerprint density at radius 2 is 1.74 bits per heavy atom. The average Bonchev–Trinajstić information content (AvgIpc) is 2.42. The van der Waals surface area contributed by atoms with E-state index in [4.69, 9.17) is 0 Å². The van der Waals surface area contributed by atoms with Gasteiger partial charge >= 0.3 is 0 Å². The molecule has 0 aliphatic heterocycles. The van der Waals surface area contributed by atoms with Gasteiger partial charge in [-0.3, -0.25) is 0 Å². The average molecular weight is 257 g/mol. The Morgan fingerprint density at radius 3 is 2.53 bits per heavy atom. The molecule has 1 aromatic rings. The molecule has 4 atom stereocenters. The topological polar surface area (TPSA) is 12.0 Å². The van der Waals surface area contributed by atoms with Gasteiger partial charge in [-0.25, -0.2) is 0 Å². The molecule has 3 rings (SSSR count). The van der Waals surface area contributed by atoms with Crippen LogP contribution in [0.3, 0.4) is 0 Å². The molecule has 2 aliphatic carbocycles. The fourth-order valence-corrected chi connectivity index (χ4v) is 4.05. The summed E-state index contributed by atoms with van der Waals surface area (Å²) in [6, 6.07) is 10.4. The Labute approximate surface area is 117 Å². The smallest absolute Gasteiger partial charge is 0.0325 e. The maximum Gasteiger partial charge on any atom is 0.0325 e. The summed E-state index contributed by atoms with van der Waals surface area (Å²) in [6.45, 7) is 4.78. The van der Waals surface area contributed by atoms with E-state index in [-0.39, 0.29) is 0 Å². The molecule has 1 N–H and O–H groups in total. The molecule has 1 aromatic carbocycles. The third kappa shape index (κ3) is 2.86. The molecule has 1 nitrogen and oxygen atoms in total. The summed E-state index contributed by atoms with van der Waals surface area (Å²) in [6.07, 6.45) is 8.22. The molecule has 104 valence electrons. The van der Waals surface area contributed by atoms with Crippen LogP contribution >= 0.6 is 0 Å². The van der Waals surface area contributed by atoms with E-state index in [1.807, 2.05) is 0 Å². The largest absolute Gasteiger partial charge is 0.307 e. The van der Waals surface area contributed by atoms with Crippen LogP contribution in [-0.4, -0.2) is 6.04 Å². The highest BCUT2D eigenvalue weighted by Gasteiger charge is 2.27. The zero-order valence-corrected chi connectivity index (χ0v) is 12.4. The van der Waals surface area contributed by atoms with Crippen molar-refractivity contribution in [2.75, 3.05) is 0 Å². The van der Waals surface area contributed by atoms with Crippen molar-refractivity contribution in [3.63, 3.8) is 0 Å². The van der Waals surface area contributed by atoms with Crippen LogP contribution in [0, 0.1) is 5.92 Å². The van der Waals surface area contributed by atoms with E-state index in [0.29, 0.717) is 6.04 Å². The Morgan fingerprint density at radius 1 is 0.947 bits per heavy atom. The van der Waals surface area contributed by atoms with E-state index in [0.717, 1.165) is 17.9 Å². The lowest BCUT2D eigenvalue weighted by Crippen LogP contribution is -2.38. The van der Waals surface area contributed by atoms with Crippen molar-refractivity contribution in [1.82, 2.24) is 5.32 Å². The van der Waals surface area contributed by atoms with E-state index >= 15 is 0 Å². The third-order valence-corrected chi connectivity index (χ3v) is 5.16. The quantitative estimate of drug-likeness (QED) is 0.803. The van der Waals surface area contributed by atoms with Crippen LogP contribution in [0.4, 0.5) is 0 Å². The lowest BCUT2D eigenvalue weighted by molar-refractivity contribution is 0.268. The first-order chi connectivity index (χ1) is 9.24. The van der Waals surface area contributed by atoms with Crippen molar-refractivity contribution in [1.29, 1.82) is 0 Å². The standard InChI is InChI=1S/C18H27N/c1-13-6-5-7-15(12-13)19-18-11-10-14(2)16-8-3-4-9-17(16)18/h3-4,8-9,13-15,18-19H,5-7,10-12H2,1-2H3. The second-order valence-corrected chi connectivity index (χ2v) is 6.80. The minimum absolute atomic E-state index is 0.600. The maximum atomic E-state index is 3.96. The van der Waals surface area contributed by atoms with Gasteiger partial charge in [-0.2, -0.15) is 0 Å². The fraction of sp³-hybridized carbons (Fsp3) is 0.667. The van der Waals surface area contributed by atoms with Crippen molar-refractivity contribution in [3.05, 3.63) is 35.4 Å². The molecule has 0 heterocycles. The molecule has 1 saturated carbocycles. The summed E-state index contributed by atoms with van der Waals surface area (Å²) in [5, 5.41) is 3.96. The van der Waals surface area contributed by atoms with Crippen LogP contribution in [0.1, 0.15) is 75.5 Å². The van der Waals surface area contributed by atoms with Crippen molar-refractivity contribution in [2.45, 2.75) is 70.4 Å². The number of nitrogens with one attached hydrogen (secondary N) is 1. The van der Waals surface area contributed by atoms with Crippen LogP contribution in [0.5, 0.6) is 0 Å². The second-order valence-electron chi connectivity index (χ2n) is 6.80. The SMILES string of the molecule is CC1CCCC(NC2CCC(C)c3ccccc32)C1. The summed E-state index contributed by atoms with van der Waals surface area (Å²) in [5.74, 6) is 1.64. The molecule has 0 amide bonds. The van der Waals surface area contributed by atoms with Gasteiger partial charge < -0.3 is 5.32 Å². The predicted octanol–water partition coefficient (Wildman–Crippen LogP) is 4.79. The first-order valence-corrected chi connectivity index (χ1v) is 8.09. The lowest BCUT2D eigenvalue weighted by atomic mass is 9.79. The lowest BCUT2D eigenvalue weighted by Gasteiger charge is -2.36. The third-order valence-electron chi connectivity index (χ3n) is 5.16. The highest BCUT2D eigenvalue weighted by Crippen LogP contribution is 2.38. The van der Waals surface area contributed by atoms with Crippen LogP contribution in [0.2, 0.25) is 0 Å². The van der Waals surface area contributed by atoms with Gasteiger partial charge in [0.15, 0.2) is 0 Å². The van der Waals surface area contributed by atoms with E-state index in [1.165, 1.54) is 38.5 Å². The van der Waals surface area contributed by atoms with Gasteiger partial charge in [0, 0.05) is 12.1 Å². The fourth-order valence-electron chi connectivity index (χ4n) is 4.05. The second kappa shape index (κ2) is 5.66. The summed E-state index contributed by atoms with van der Waals surface area (Å²) < 4.78 is 0. The number of fused-ring (bicyclic) bond motifs is 1.